The number of aliphatic hydroxyl groups is 1. The largest absolute Gasteiger partial charge is 0.400 e. The Hall–Kier alpha value is -0.970. The molecule has 146 valence electrons. The smallest absolute Gasteiger partial charge is 0.0595 e. The molecule has 5 heteroatoms. The van der Waals surface area contributed by atoms with Crippen LogP contribution >= 0.6 is 35.0 Å². The lowest BCUT2D eigenvalue weighted by atomic mass is 9.98. The van der Waals surface area contributed by atoms with Crippen molar-refractivity contribution in [2.75, 3.05) is 20.2 Å². The zero-order chi connectivity index (χ0) is 20.0. The average Bonchev–Trinajstić information content (AvgIpc) is 2.61. The summed E-state index contributed by atoms with van der Waals surface area (Å²) < 4.78 is 0. The maximum Gasteiger partial charge on any atom is 0.0595 e. The molecular weight excluding hydrogens is 397 g/mol. The highest BCUT2D eigenvalue weighted by atomic mass is 35.5. The molecule has 2 aromatic rings. The molecule has 2 nitrogen and oxygen atoms in total. The highest BCUT2D eigenvalue weighted by Gasteiger charge is 2.23. The Bertz CT molecular complexity index is 765. The molecule has 1 aliphatic rings. The lowest BCUT2D eigenvalue weighted by molar-refractivity contribution is 0.122. The van der Waals surface area contributed by atoms with E-state index in [1.54, 1.807) is 0 Å². The molecule has 1 aliphatic heterocycles. The first kappa shape index (κ1) is 22.3. The maximum absolute atomic E-state index is 7.00. The fourth-order valence-electron chi connectivity index (χ4n) is 3.29. The van der Waals surface area contributed by atoms with Gasteiger partial charge < -0.3 is 5.11 Å². The van der Waals surface area contributed by atoms with Crippen molar-refractivity contribution in [3.05, 3.63) is 75.3 Å². The van der Waals surface area contributed by atoms with Crippen LogP contribution in [0.3, 0.4) is 0 Å². The van der Waals surface area contributed by atoms with E-state index in [0.717, 1.165) is 32.5 Å². The molecule has 0 unspecified atom stereocenters. The molecule has 0 saturated carbocycles. The molecule has 1 N–H and O–H groups in total. The van der Waals surface area contributed by atoms with Crippen LogP contribution in [0.1, 0.15) is 22.3 Å². The van der Waals surface area contributed by atoms with Crippen molar-refractivity contribution in [3.63, 3.8) is 0 Å². The van der Waals surface area contributed by atoms with Crippen molar-refractivity contribution in [3.8, 4) is 0 Å². The van der Waals surface area contributed by atoms with E-state index >= 15 is 0 Å². The van der Waals surface area contributed by atoms with E-state index in [-0.39, 0.29) is 0 Å². The van der Waals surface area contributed by atoms with Gasteiger partial charge in [0.1, 0.15) is 0 Å². The second-order valence-corrected chi connectivity index (χ2v) is 8.59. The highest BCUT2D eigenvalue weighted by Crippen LogP contribution is 2.32. The van der Waals surface area contributed by atoms with Crippen LogP contribution < -0.4 is 0 Å². The molecule has 1 saturated heterocycles. The van der Waals surface area contributed by atoms with Gasteiger partial charge in [-0.25, -0.2) is 0 Å². The number of halogens is 2. The van der Waals surface area contributed by atoms with Crippen molar-refractivity contribution in [2.24, 2.45) is 5.92 Å². The van der Waals surface area contributed by atoms with Gasteiger partial charge in [0, 0.05) is 43.3 Å². The van der Waals surface area contributed by atoms with Gasteiger partial charge in [-0.3, -0.25) is 4.90 Å². The van der Waals surface area contributed by atoms with Gasteiger partial charge in [-0.05, 0) is 48.2 Å². The highest BCUT2D eigenvalue weighted by molar-refractivity contribution is 7.98. The van der Waals surface area contributed by atoms with Gasteiger partial charge >= 0.3 is 0 Å². The molecule has 2 aromatic carbocycles. The number of rotatable bonds is 6. The summed E-state index contributed by atoms with van der Waals surface area (Å²) in [5, 5.41) is 8.23. The lowest BCUT2D eigenvalue weighted by Crippen LogP contribution is -2.44. The lowest BCUT2D eigenvalue weighted by Gasteiger charge is -2.37. The van der Waals surface area contributed by atoms with E-state index in [9.17, 15) is 0 Å². The summed E-state index contributed by atoms with van der Waals surface area (Å²) >= 11 is 14.0. The molecule has 0 aromatic heterocycles. The molecule has 1 heterocycles. The van der Waals surface area contributed by atoms with Gasteiger partial charge in [-0.15, -0.1) is 18.3 Å². The molecule has 0 bridgehead atoms. The van der Waals surface area contributed by atoms with Crippen molar-refractivity contribution >= 4 is 35.0 Å². The molecule has 0 amide bonds. The zero-order valence-corrected chi connectivity index (χ0v) is 18.5. The van der Waals surface area contributed by atoms with Crippen LogP contribution in [0.2, 0.25) is 10.0 Å². The first-order valence-corrected chi connectivity index (χ1v) is 10.7. The van der Waals surface area contributed by atoms with Crippen molar-refractivity contribution in [1.82, 2.24) is 4.90 Å². The van der Waals surface area contributed by atoms with Crippen LogP contribution in [0.5, 0.6) is 0 Å². The van der Waals surface area contributed by atoms with Crippen LogP contribution in [0.25, 0.3) is 0 Å². The third kappa shape index (κ3) is 6.00. The van der Waals surface area contributed by atoms with Crippen LogP contribution in [0.4, 0.5) is 0 Å². The predicted octanol–water partition coefficient (Wildman–Crippen LogP) is 6.13. The number of aliphatic hydroxyl groups excluding tert-OH is 1. The standard InChI is InChI=1S/C21H23Cl2NS.CH4O/c1-4-16-10-24(11-16)12-18-7-14(2)21(15(3)8-18)25-13-17-5-6-19(22)20(23)9-17;1-2/h4-9,16H,1,10-13H2,2-3H3;2H,1H3. The number of hydrogen-bond acceptors (Lipinski definition) is 3. The second kappa shape index (κ2) is 10.5. The molecular formula is C22H27Cl2NOS. The predicted molar refractivity (Wildman–Crippen MR) is 119 cm³/mol. The normalized spacial score (nSPS) is 14.3. The fourth-order valence-corrected chi connectivity index (χ4v) is 4.67. The topological polar surface area (TPSA) is 23.5 Å². The Morgan fingerprint density at radius 3 is 2.26 bits per heavy atom. The Morgan fingerprint density at radius 2 is 1.70 bits per heavy atom. The van der Waals surface area contributed by atoms with E-state index in [1.807, 2.05) is 30.0 Å². The van der Waals surface area contributed by atoms with E-state index in [2.05, 4.69) is 43.5 Å². The maximum atomic E-state index is 7.00. The number of likely N-dealkylation sites (tertiary alicyclic amines) is 1. The van der Waals surface area contributed by atoms with Crippen molar-refractivity contribution in [2.45, 2.75) is 31.0 Å². The monoisotopic (exact) mass is 423 g/mol. The van der Waals surface area contributed by atoms with E-state index in [1.165, 1.54) is 27.1 Å². The molecule has 27 heavy (non-hydrogen) atoms. The quantitative estimate of drug-likeness (QED) is 0.446. The summed E-state index contributed by atoms with van der Waals surface area (Å²) in [4.78, 5) is 3.84. The number of benzene rings is 2. The Labute approximate surface area is 177 Å². The van der Waals surface area contributed by atoms with Crippen molar-refractivity contribution in [1.29, 1.82) is 0 Å². The molecule has 3 rings (SSSR count). The van der Waals surface area contributed by atoms with Gasteiger partial charge in [0.05, 0.1) is 10.0 Å². The number of thioether (sulfide) groups is 1. The summed E-state index contributed by atoms with van der Waals surface area (Å²) in [6.45, 7) is 11.6. The minimum Gasteiger partial charge on any atom is -0.400 e. The Balaban J connectivity index is 0.00000126. The van der Waals surface area contributed by atoms with Crippen LogP contribution in [0.15, 0.2) is 47.9 Å². The third-order valence-corrected chi connectivity index (χ3v) is 6.76. The summed E-state index contributed by atoms with van der Waals surface area (Å²) in [5.41, 5.74) is 5.29. The van der Waals surface area contributed by atoms with Gasteiger partial charge in [-0.1, -0.05) is 47.5 Å². The van der Waals surface area contributed by atoms with Crippen LogP contribution in [-0.2, 0) is 12.3 Å². The Kier molecular flexibility index (Phi) is 8.71. The first-order chi connectivity index (χ1) is 13.0. The van der Waals surface area contributed by atoms with Crippen LogP contribution in [0, 0.1) is 19.8 Å². The zero-order valence-electron chi connectivity index (χ0n) is 16.1. The molecule has 0 atom stereocenters. The van der Waals surface area contributed by atoms with Gasteiger partial charge in [-0.2, -0.15) is 0 Å². The second-order valence-electron chi connectivity index (χ2n) is 6.79. The summed E-state index contributed by atoms with van der Waals surface area (Å²) in [5.74, 6) is 1.56. The molecule has 1 fully saturated rings. The number of hydrogen-bond donors (Lipinski definition) is 1. The summed E-state index contributed by atoms with van der Waals surface area (Å²) in [6.07, 6.45) is 2.07. The number of aryl methyl sites for hydroxylation is 2. The summed E-state index contributed by atoms with van der Waals surface area (Å²) in [6, 6.07) is 10.5. The minimum absolute atomic E-state index is 0.608. The average molecular weight is 424 g/mol. The minimum atomic E-state index is 0.608. The molecule has 0 radical (unpaired) electrons. The van der Waals surface area contributed by atoms with Crippen LogP contribution in [-0.4, -0.2) is 30.2 Å². The molecule has 0 spiro atoms. The van der Waals surface area contributed by atoms with E-state index in [4.69, 9.17) is 28.3 Å². The van der Waals surface area contributed by atoms with E-state index in [0.29, 0.717) is 16.0 Å². The fraction of sp³-hybridized carbons (Fsp3) is 0.364. The van der Waals surface area contributed by atoms with Crippen molar-refractivity contribution < 1.29 is 5.11 Å². The van der Waals surface area contributed by atoms with Gasteiger partial charge in [0.25, 0.3) is 0 Å². The summed E-state index contributed by atoms with van der Waals surface area (Å²) in [7, 11) is 1.00. The third-order valence-electron chi connectivity index (χ3n) is 4.61. The van der Waals surface area contributed by atoms with E-state index < -0.39 is 0 Å². The first-order valence-electron chi connectivity index (χ1n) is 8.92. The number of nitrogens with zero attached hydrogens (tertiary/aromatic N) is 1. The van der Waals surface area contributed by atoms with Gasteiger partial charge in [0.15, 0.2) is 0 Å². The van der Waals surface area contributed by atoms with Gasteiger partial charge in [0.2, 0.25) is 0 Å². The SMILES string of the molecule is C=CC1CN(Cc2cc(C)c(SCc3ccc(Cl)c(Cl)c3)c(C)c2)C1.CO. The Morgan fingerprint density at radius 1 is 1.07 bits per heavy atom. The molecule has 0 aliphatic carbocycles.